The summed E-state index contributed by atoms with van der Waals surface area (Å²) >= 11 is 0. The summed E-state index contributed by atoms with van der Waals surface area (Å²) in [7, 11) is 5.62. The Bertz CT molecular complexity index is 1360. The number of rotatable bonds is 17. The molecule has 6 N–H and O–H groups in total. The van der Waals surface area contributed by atoms with Crippen molar-refractivity contribution in [2.24, 2.45) is 5.73 Å². The minimum absolute atomic E-state index is 0.00472. The van der Waals surface area contributed by atoms with Gasteiger partial charge in [-0.25, -0.2) is 0 Å². The molecule has 3 aromatic rings. The van der Waals surface area contributed by atoms with Crippen molar-refractivity contribution < 1.29 is 33.8 Å². The molecule has 1 aliphatic rings. The number of carbonyl (C=O) groups is 4. The van der Waals surface area contributed by atoms with Crippen molar-refractivity contribution in [3.05, 3.63) is 89.5 Å². The summed E-state index contributed by atoms with van der Waals surface area (Å²) in [5, 5.41) is 17.5. The quantitative estimate of drug-likeness (QED) is 0.0953. The molecule has 1 aliphatic heterocycles. The number of carboxylic acids is 1. The minimum Gasteiger partial charge on any atom is -0.481 e. The number of ether oxygens (including phenoxy) is 2. The zero-order chi connectivity index (χ0) is 37.7. The molecule has 1 heterocycles. The van der Waals surface area contributed by atoms with Crippen LogP contribution < -0.4 is 21.7 Å². The molecular weight excluding hydrogens is 648 g/mol. The number of hydrogen-bond acceptors (Lipinski definition) is 10. The average Bonchev–Trinajstić information content (AvgIpc) is 3.76. The maximum absolute atomic E-state index is 11.6. The zero-order valence-corrected chi connectivity index (χ0v) is 30.8. The van der Waals surface area contributed by atoms with Gasteiger partial charge in [0.1, 0.15) is 11.6 Å². The van der Waals surface area contributed by atoms with E-state index in [-0.39, 0.29) is 43.2 Å². The standard InChI is InChI=1S/C15H21NO3.C13H17NO3.C8H12N2.C4H8O/c1-3-19-15(18)11-10-14(17)9-6-12-4-7-13(16-2)8-5-12;1-14-11-5-2-10(3-6-11)4-7-12(15)8-9-13(16)17;1-10-8-4-2-7(6-9)3-5-8;1-2-4-5-3-1/h4-5,7-8,16H,3,6,9-11H2,1-2H3;2-3,5-6,14H,4,7-9H2,1H3,(H,16,17);2-5,10H,6,9H2,1H3;1-4H2. The highest BCUT2D eigenvalue weighted by atomic mass is 16.5. The van der Waals surface area contributed by atoms with Crippen LogP contribution >= 0.6 is 0 Å². The van der Waals surface area contributed by atoms with Crippen LogP contribution in [0.15, 0.2) is 72.8 Å². The highest BCUT2D eigenvalue weighted by Gasteiger charge is 2.08. The summed E-state index contributed by atoms with van der Waals surface area (Å²) < 4.78 is 9.73. The third-order valence-corrected chi connectivity index (χ3v) is 7.71. The van der Waals surface area contributed by atoms with Crippen molar-refractivity contribution in [2.45, 2.75) is 77.7 Å². The van der Waals surface area contributed by atoms with Gasteiger partial charge in [-0.15, -0.1) is 0 Å². The number of nitrogens with two attached hydrogens (primary N) is 1. The van der Waals surface area contributed by atoms with E-state index in [2.05, 4.69) is 16.0 Å². The molecule has 0 spiro atoms. The second kappa shape index (κ2) is 28.0. The minimum atomic E-state index is -0.920. The zero-order valence-electron chi connectivity index (χ0n) is 30.8. The molecule has 1 saturated heterocycles. The van der Waals surface area contributed by atoms with Gasteiger partial charge in [-0.1, -0.05) is 36.4 Å². The second-order valence-corrected chi connectivity index (χ2v) is 11.6. The van der Waals surface area contributed by atoms with Gasteiger partial charge >= 0.3 is 11.9 Å². The second-order valence-electron chi connectivity index (χ2n) is 11.6. The first kappa shape index (κ1) is 44.3. The lowest BCUT2D eigenvalue weighted by molar-refractivity contribution is -0.144. The van der Waals surface area contributed by atoms with E-state index in [4.69, 9.17) is 20.3 Å². The third-order valence-electron chi connectivity index (χ3n) is 7.71. The largest absolute Gasteiger partial charge is 0.481 e. The monoisotopic (exact) mass is 706 g/mol. The number of hydrogen-bond donors (Lipinski definition) is 5. The van der Waals surface area contributed by atoms with E-state index in [1.807, 2.05) is 93.9 Å². The number of aryl methyl sites for hydroxylation is 2. The maximum atomic E-state index is 11.6. The van der Waals surface area contributed by atoms with Gasteiger partial charge < -0.3 is 36.3 Å². The van der Waals surface area contributed by atoms with Crippen LogP contribution in [-0.2, 0) is 48.0 Å². The van der Waals surface area contributed by atoms with Gasteiger partial charge in [0.15, 0.2) is 0 Å². The van der Waals surface area contributed by atoms with Crippen molar-refractivity contribution in [1.29, 1.82) is 0 Å². The fourth-order valence-electron chi connectivity index (χ4n) is 4.53. The first-order valence-electron chi connectivity index (χ1n) is 17.6. The molecule has 0 saturated carbocycles. The lowest BCUT2D eigenvalue weighted by Crippen LogP contribution is -2.08. The van der Waals surface area contributed by atoms with Crippen LogP contribution in [0.4, 0.5) is 17.1 Å². The van der Waals surface area contributed by atoms with Crippen LogP contribution in [0.1, 0.15) is 75.0 Å². The van der Waals surface area contributed by atoms with Gasteiger partial charge in [-0.05, 0) is 85.7 Å². The highest BCUT2D eigenvalue weighted by molar-refractivity contribution is 5.83. The van der Waals surface area contributed by atoms with Gasteiger partial charge in [0.2, 0.25) is 0 Å². The van der Waals surface area contributed by atoms with E-state index in [0.29, 0.717) is 38.8 Å². The Balaban J connectivity index is 0.000000369. The van der Waals surface area contributed by atoms with Crippen molar-refractivity contribution in [2.75, 3.05) is 56.9 Å². The molecule has 280 valence electrons. The van der Waals surface area contributed by atoms with Gasteiger partial charge in [-0.3, -0.25) is 19.2 Å². The van der Waals surface area contributed by atoms with Crippen molar-refractivity contribution in [1.82, 2.24) is 0 Å². The number of Topliss-reactive ketones (excluding diaryl/α,β-unsaturated/α-hetero) is 2. The maximum Gasteiger partial charge on any atom is 0.306 e. The van der Waals surface area contributed by atoms with Gasteiger partial charge in [0.05, 0.1) is 19.4 Å². The van der Waals surface area contributed by atoms with Crippen LogP contribution in [0.2, 0.25) is 0 Å². The fourth-order valence-corrected chi connectivity index (χ4v) is 4.53. The summed E-state index contributed by atoms with van der Waals surface area (Å²) in [4.78, 5) is 44.4. The molecule has 0 amide bonds. The first-order chi connectivity index (χ1) is 24.6. The lowest BCUT2D eigenvalue weighted by Gasteiger charge is -2.04. The topological polar surface area (TPSA) is 169 Å². The molecule has 0 unspecified atom stereocenters. The van der Waals surface area contributed by atoms with Crippen LogP contribution in [0.5, 0.6) is 0 Å². The number of benzene rings is 3. The molecule has 0 aromatic heterocycles. The number of esters is 1. The molecule has 0 bridgehead atoms. The molecular formula is C40H58N4O7. The van der Waals surface area contributed by atoms with Crippen LogP contribution in [0.25, 0.3) is 0 Å². The number of ketones is 2. The number of anilines is 3. The summed E-state index contributed by atoms with van der Waals surface area (Å²) in [6, 6.07) is 23.9. The molecule has 4 rings (SSSR count). The van der Waals surface area contributed by atoms with Gasteiger partial charge in [-0.2, -0.15) is 0 Å². The Hall–Kier alpha value is -4.74. The number of nitrogens with one attached hydrogen (secondary N) is 3. The molecule has 3 aromatic carbocycles. The smallest absolute Gasteiger partial charge is 0.306 e. The Kier molecular flexibility index (Phi) is 24.3. The Labute approximate surface area is 303 Å². The van der Waals surface area contributed by atoms with Crippen molar-refractivity contribution >= 4 is 40.6 Å². The first-order valence-corrected chi connectivity index (χ1v) is 17.6. The molecule has 1 fully saturated rings. The predicted octanol–water partition coefficient (Wildman–Crippen LogP) is 6.65. The Morgan fingerprint density at radius 1 is 0.627 bits per heavy atom. The van der Waals surface area contributed by atoms with Crippen LogP contribution in [0.3, 0.4) is 0 Å². The fraction of sp³-hybridized carbons (Fsp3) is 0.450. The van der Waals surface area contributed by atoms with Crippen LogP contribution in [0, 0.1) is 0 Å². The summed E-state index contributed by atoms with van der Waals surface area (Å²) in [6.45, 7) is 4.74. The van der Waals surface area contributed by atoms with E-state index in [1.54, 1.807) is 6.92 Å². The van der Waals surface area contributed by atoms with Crippen molar-refractivity contribution in [3.63, 3.8) is 0 Å². The van der Waals surface area contributed by atoms with E-state index in [1.165, 1.54) is 18.4 Å². The molecule has 0 aliphatic carbocycles. The molecule has 0 atom stereocenters. The Morgan fingerprint density at radius 2 is 1.02 bits per heavy atom. The van der Waals surface area contributed by atoms with E-state index in [0.717, 1.165) is 41.4 Å². The predicted molar refractivity (Wildman–Crippen MR) is 205 cm³/mol. The van der Waals surface area contributed by atoms with Crippen molar-refractivity contribution in [3.8, 4) is 0 Å². The third kappa shape index (κ3) is 22.6. The highest BCUT2D eigenvalue weighted by Crippen LogP contribution is 2.13. The normalized spacial score (nSPS) is 11.2. The number of carbonyl (C=O) groups excluding carboxylic acids is 3. The van der Waals surface area contributed by atoms with E-state index >= 15 is 0 Å². The number of aliphatic carboxylic acids is 1. The SMILES string of the molecule is C1CCOC1.CCOC(=O)CCC(=O)CCc1ccc(NC)cc1.CNc1ccc(CCC(=O)CCC(=O)O)cc1.CNc1ccc(CN)cc1. The van der Waals surface area contributed by atoms with E-state index in [9.17, 15) is 19.2 Å². The summed E-state index contributed by atoms with van der Waals surface area (Å²) in [5.74, 6) is -1.11. The number of carboxylic acid groups (broad SMARTS) is 1. The van der Waals surface area contributed by atoms with Crippen LogP contribution in [-0.4, -0.2) is 69.6 Å². The molecule has 51 heavy (non-hydrogen) atoms. The van der Waals surface area contributed by atoms with Gasteiger partial charge in [0.25, 0.3) is 0 Å². The van der Waals surface area contributed by atoms with E-state index < -0.39 is 5.97 Å². The average molecular weight is 707 g/mol. The molecule has 0 radical (unpaired) electrons. The Morgan fingerprint density at radius 3 is 1.33 bits per heavy atom. The van der Waals surface area contributed by atoms with Gasteiger partial charge in [0, 0.05) is 83.6 Å². The molecule has 11 nitrogen and oxygen atoms in total. The lowest BCUT2D eigenvalue weighted by atomic mass is 10.0. The summed E-state index contributed by atoms with van der Waals surface area (Å²) in [5.41, 5.74) is 12.0. The molecule has 11 heteroatoms. The summed E-state index contributed by atoms with van der Waals surface area (Å²) in [6.07, 6.45) is 5.33.